The van der Waals surface area contributed by atoms with Crippen molar-refractivity contribution in [3.8, 4) is 0 Å². The summed E-state index contributed by atoms with van der Waals surface area (Å²) in [7, 11) is 1.63. The first-order valence-electron chi connectivity index (χ1n) is 5.47. The van der Waals surface area contributed by atoms with Crippen LogP contribution in [0.25, 0.3) is 0 Å². The molecule has 0 spiro atoms. The smallest absolute Gasteiger partial charge is 0.257 e. The van der Waals surface area contributed by atoms with E-state index in [1.807, 2.05) is 0 Å². The van der Waals surface area contributed by atoms with E-state index < -0.39 is 17.5 Å². The van der Waals surface area contributed by atoms with Crippen LogP contribution in [-0.4, -0.2) is 48.3 Å². The van der Waals surface area contributed by atoms with Crippen LogP contribution in [0.1, 0.15) is 10.4 Å². The van der Waals surface area contributed by atoms with Gasteiger partial charge in [-0.3, -0.25) is 9.59 Å². The predicted molar refractivity (Wildman–Crippen MR) is 59.9 cm³/mol. The number of amides is 2. The van der Waals surface area contributed by atoms with Gasteiger partial charge in [0.05, 0.1) is 5.56 Å². The molecule has 0 bridgehead atoms. The van der Waals surface area contributed by atoms with Crippen LogP contribution in [0.2, 0.25) is 0 Å². The van der Waals surface area contributed by atoms with Crippen LogP contribution in [0, 0.1) is 11.6 Å². The van der Waals surface area contributed by atoms with E-state index in [9.17, 15) is 18.4 Å². The molecule has 96 valence electrons. The van der Waals surface area contributed by atoms with Crippen molar-refractivity contribution in [2.75, 3.05) is 26.7 Å². The van der Waals surface area contributed by atoms with Gasteiger partial charge in [-0.25, -0.2) is 8.78 Å². The third-order valence-corrected chi connectivity index (χ3v) is 2.90. The number of rotatable bonds is 1. The Morgan fingerprint density at radius 1 is 1.28 bits per heavy atom. The van der Waals surface area contributed by atoms with Gasteiger partial charge in [0, 0.05) is 20.1 Å². The summed E-state index contributed by atoms with van der Waals surface area (Å²) in [4.78, 5) is 26.1. The topological polar surface area (TPSA) is 40.6 Å². The average molecular weight is 254 g/mol. The lowest BCUT2D eigenvalue weighted by atomic mass is 10.1. The summed E-state index contributed by atoms with van der Waals surface area (Å²) < 4.78 is 26.4. The van der Waals surface area contributed by atoms with E-state index in [-0.39, 0.29) is 18.0 Å². The van der Waals surface area contributed by atoms with E-state index in [1.165, 1.54) is 9.80 Å². The number of carbonyl (C=O) groups excluding carboxylic acids is 2. The summed E-state index contributed by atoms with van der Waals surface area (Å²) in [6.45, 7) is 0.601. The third kappa shape index (κ3) is 2.32. The van der Waals surface area contributed by atoms with Crippen LogP contribution >= 0.6 is 0 Å². The Morgan fingerprint density at radius 3 is 2.67 bits per heavy atom. The molecular formula is C12H12F2N2O2. The van der Waals surface area contributed by atoms with E-state index in [0.29, 0.717) is 13.1 Å². The normalized spacial score (nSPS) is 16.1. The minimum atomic E-state index is -0.784. The van der Waals surface area contributed by atoms with Crippen LogP contribution < -0.4 is 0 Å². The van der Waals surface area contributed by atoms with Gasteiger partial charge in [0.2, 0.25) is 5.91 Å². The molecule has 1 fully saturated rings. The van der Waals surface area contributed by atoms with Crippen LogP contribution in [0.5, 0.6) is 0 Å². The lowest BCUT2D eigenvalue weighted by Crippen LogP contribution is -2.50. The molecule has 2 amide bonds. The highest BCUT2D eigenvalue weighted by molar-refractivity contribution is 5.97. The van der Waals surface area contributed by atoms with Crippen LogP contribution in [-0.2, 0) is 4.79 Å². The average Bonchev–Trinajstić information content (AvgIpc) is 2.35. The fourth-order valence-corrected chi connectivity index (χ4v) is 1.76. The fourth-order valence-electron chi connectivity index (χ4n) is 1.76. The standard InChI is InChI=1S/C12H12F2N2O2/c1-15-4-5-16(7-11(15)17)12(18)9-6-8(13)2-3-10(9)14/h2-3,6H,4-5,7H2,1H3. The Kier molecular flexibility index (Phi) is 3.27. The van der Waals surface area contributed by atoms with Gasteiger partial charge in [-0.1, -0.05) is 0 Å². The zero-order valence-corrected chi connectivity index (χ0v) is 9.82. The number of piperazine rings is 1. The Hall–Kier alpha value is -1.98. The molecule has 0 atom stereocenters. The van der Waals surface area contributed by atoms with Gasteiger partial charge >= 0.3 is 0 Å². The number of nitrogens with zero attached hydrogens (tertiary/aromatic N) is 2. The van der Waals surface area contributed by atoms with E-state index in [0.717, 1.165) is 18.2 Å². The number of halogens is 2. The van der Waals surface area contributed by atoms with Crippen molar-refractivity contribution in [2.24, 2.45) is 0 Å². The van der Waals surface area contributed by atoms with Gasteiger partial charge in [0.15, 0.2) is 0 Å². The third-order valence-electron chi connectivity index (χ3n) is 2.90. The molecule has 1 saturated heterocycles. The highest BCUT2D eigenvalue weighted by atomic mass is 19.1. The van der Waals surface area contributed by atoms with Gasteiger partial charge in [-0.15, -0.1) is 0 Å². The van der Waals surface area contributed by atoms with E-state index in [2.05, 4.69) is 0 Å². The maximum Gasteiger partial charge on any atom is 0.257 e. The summed E-state index contributed by atoms with van der Waals surface area (Å²) in [5.41, 5.74) is -0.340. The second-order valence-electron chi connectivity index (χ2n) is 4.17. The molecule has 1 aliphatic rings. The van der Waals surface area contributed by atoms with Gasteiger partial charge in [-0.2, -0.15) is 0 Å². The molecule has 0 radical (unpaired) electrons. The molecule has 1 aliphatic heterocycles. The van der Waals surface area contributed by atoms with E-state index in [1.54, 1.807) is 7.05 Å². The largest absolute Gasteiger partial charge is 0.342 e. The lowest BCUT2D eigenvalue weighted by molar-refractivity contribution is -0.133. The Labute approximate surface area is 103 Å². The highest BCUT2D eigenvalue weighted by Crippen LogP contribution is 2.14. The van der Waals surface area contributed by atoms with Crippen LogP contribution in [0.15, 0.2) is 18.2 Å². The van der Waals surface area contributed by atoms with Crippen LogP contribution in [0.4, 0.5) is 8.78 Å². The number of hydrogen-bond acceptors (Lipinski definition) is 2. The SMILES string of the molecule is CN1CCN(C(=O)c2cc(F)ccc2F)CC1=O. The molecule has 18 heavy (non-hydrogen) atoms. The highest BCUT2D eigenvalue weighted by Gasteiger charge is 2.27. The molecule has 1 aromatic carbocycles. The molecule has 0 unspecified atom stereocenters. The number of likely N-dealkylation sites (N-methyl/N-ethyl adjacent to an activating group) is 1. The first kappa shape index (κ1) is 12.5. The zero-order valence-electron chi connectivity index (χ0n) is 9.82. The summed E-state index contributed by atoms with van der Waals surface area (Å²) in [6.07, 6.45) is 0. The molecule has 2 rings (SSSR count). The maximum atomic E-state index is 13.4. The monoisotopic (exact) mass is 254 g/mol. The van der Waals surface area contributed by atoms with Gasteiger partial charge < -0.3 is 9.80 Å². The molecule has 4 nitrogen and oxygen atoms in total. The summed E-state index contributed by atoms with van der Waals surface area (Å²) in [5.74, 6) is -2.34. The zero-order chi connectivity index (χ0) is 13.3. The number of benzene rings is 1. The number of hydrogen-bond donors (Lipinski definition) is 0. The lowest BCUT2D eigenvalue weighted by Gasteiger charge is -2.32. The Balaban J connectivity index is 2.21. The van der Waals surface area contributed by atoms with Crippen LogP contribution in [0.3, 0.4) is 0 Å². The second kappa shape index (κ2) is 4.72. The minimum absolute atomic E-state index is 0.106. The first-order valence-corrected chi connectivity index (χ1v) is 5.47. The minimum Gasteiger partial charge on any atom is -0.342 e. The molecular weight excluding hydrogens is 242 g/mol. The second-order valence-corrected chi connectivity index (χ2v) is 4.17. The summed E-state index contributed by atoms with van der Waals surface area (Å²) >= 11 is 0. The first-order chi connectivity index (χ1) is 8.49. The predicted octanol–water partition coefficient (Wildman–Crippen LogP) is 0.879. The van der Waals surface area contributed by atoms with E-state index >= 15 is 0 Å². The van der Waals surface area contributed by atoms with Crippen molar-refractivity contribution in [3.63, 3.8) is 0 Å². The summed E-state index contributed by atoms with van der Waals surface area (Å²) in [5, 5.41) is 0. The van der Waals surface area contributed by atoms with Crippen molar-refractivity contribution in [2.45, 2.75) is 0 Å². The molecule has 1 aromatic rings. The van der Waals surface area contributed by atoms with Crippen molar-refractivity contribution < 1.29 is 18.4 Å². The van der Waals surface area contributed by atoms with E-state index in [4.69, 9.17) is 0 Å². The van der Waals surface area contributed by atoms with Crippen molar-refractivity contribution in [1.29, 1.82) is 0 Å². The molecule has 0 saturated carbocycles. The molecule has 1 heterocycles. The van der Waals surface area contributed by atoms with Gasteiger partial charge in [0.1, 0.15) is 18.2 Å². The molecule has 0 aliphatic carbocycles. The Bertz CT molecular complexity index is 505. The Morgan fingerprint density at radius 2 is 2.00 bits per heavy atom. The van der Waals surface area contributed by atoms with Crippen molar-refractivity contribution in [3.05, 3.63) is 35.4 Å². The fraction of sp³-hybridized carbons (Fsp3) is 0.333. The molecule has 6 heteroatoms. The van der Waals surface area contributed by atoms with Crippen molar-refractivity contribution in [1.82, 2.24) is 9.80 Å². The van der Waals surface area contributed by atoms with Crippen molar-refractivity contribution >= 4 is 11.8 Å². The summed E-state index contributed by atoms with van der Waals surface area (Å²) in [6, 6.07) is 2.70. The number of carbonyl (C=O) groups is 2. The quantitative estimate of drug-likeness (QED) is 0.746. The molecule has 0 aromatic heterocycles. The molecule has 0 N–H and O–H groups in total. The maximum absolute atomic E-state index is 13.4. The van der Waals surface area contributed by atoms with Gasteiger partial charge in [0.25, 0.3) is 5.91 Å². The van der Waals surface area contributed by atoms with Gasteiger partial charge in [-0.05, 0) is 18.2 Å².